The molecule has 0 unspecified atom stereocenters. The van der Waals surface area contributed by atoms with Crippen molar-refractivity contribution in [2.75, 3.05) is 0 Å². The number of hydrogen-bond acceptors (Lipinski definition) is 2. The standard InChI is InChI=1S/C27H32N2O2/c1-4-18-27-19-12-11-17-24(25(30)29(27)21(3)23-15-9-6-10-16-23)28(26(27)31)20(2)22-13-7-5-8-14-22/h4-10,13-16,20-21,24H,1,11-12,17-19H2,2-3H3/t20-,21-,24-,27-/m0/s1. The van der Waals surface area contributed by atoms with E-state index in [1.54, 1.807) is 0 Å². The van der Waals surface area contributed by atoms with Gasteiger partial charge in [-0.2, -0.15) is 0 Å². The van der Waals surface area contributed by atoms with Crippen LogP contribution in [-0.2, 0) is 9.59 Å². The fourth-order valence-electron chi connectivity index (χ4n) is 5.53. The first-order chi connectivity index (χ1) is 15.0. The topological polar surface area (TPSA) is 40.6 Å². The molecular weight excluding hydrogens is 384 g/mol. The van der Waals surface area contributed by atoms with E-state index in [4.69, 9.17) is 0 Å². The third-order valence-electron chi connectivity index (χ3n) is 7.12. The van der Waals surface area contributed by atoms with E-state index in [2.05, 4.69) is 6.58 Å². The largest absolute Gasteiger partial charge is 0.322 e. The van der Waals surface area contributed by atoms with Gasteiger partial charge in [-0.05, 0) is 44.2 Å². The molecule has 0 aliphatic carbocycles. The van der Waals surface area contributed by atoms with Gasteiger partial charge in [-0.25, -0.2) is 0 Å². The van der Waals surface area contributed by atoms with E-state index < -0.39 is 11.6 Å². The van der Waals surface area contributed by atoms with Gasteiger partial charge in [-0.1, -0.05) is 79.6 Å². The van der Waals surface area contributed by atoms with E-state index in [-0.39, 0.29) is 23.9 Å². The summed E-state index contributed by atoms with van der Waals surface area (Å²) in [6, 6.07) is 19.3. The molecule has 0 radical (unpaired) electrons. The zero-order chi connectivity index (χ0) is 22.0. The first kappa shape index (κ1) is 21.4. The number of nitrogens with zero attached hydrogens (tertiary/aromatic N) is 2. The van der Waals surface area contributed by atoms with Crippen LogP contribution in [0.3, 0.4) is 0 Å². The Morgan fingerprint density at radius 2 is 1.55 bits per heavy atom. The normalized spacial score (nSPS) is 25.7. The molecule has 0 spiro atoms. The Kier molecular flexibility index (Phi) is 5.99. The number of carbonyl (C=O) groups excluding carboxylic acids is 2. The van der Waals surface area contributed by atoms with Crippen molar-refractivity contribution >= 4 is 11.8 Å². The van der Waals surface area contributed by atoms with Gasteiger partial charge in [-0.3, -0.25) is 9.59 Å². The van der Waals surface area contributed by atoms with Gasteiger partial charge in [0.15, 0.2) is 0 Å². The van der Waals surface area contributed by atoms with E-state index in [0.29, 0.717) is 19.3 Å². The molecule has 0 aromatic heterocycles. The number of benzene rings is 2. The molecule has 2 amide bonds. The van der Waals surface area contributed by atoms with Crippen molar-refractivity contribution in [1.29, 1.82) is 0 Å². The molecule has 2 bridgehead atoms. The van der Waals surface area contributed by atoms with E-state index in [9.17, 15) is 9.59 Å². The summed E-state index contributed by atoms with van der Waals surface area (Å²) in [7, 11) is 0. The molecule has 4 nitrogen and oxygen atoms in total. The molecule has 3 saturated heterocycles. The van der Waals surface area contributed by atoms with Gasteiger partial charge in [-0.15, -0.1) is 6.58 Å². The molecule has 5 rings (SSSR count). The van der Waals surface area contributed by atoms with Gasteiger partial charge in [0.2, 0.25) is 11.8 Å². The lowest BCUT2D eigenvalue weighted by atomic mass is 9.76. The summed E-state index contributed by atoms with van der Waals surface area (Å²) in [5, 5.41) is 0. The lowest BCUT2D eigenvalue weighted by molar-refractivity contribution is -0.180. The molecule has 4 heteroatoms. The molecule has 3 fully saturated rings. The predicted octanol–water partition coefficient (Wildman–Crippen LogP) is 5.44. The van der Waals surface area contributed by atoms with Crippen molar-refractivity contribution in [2.24, 2.45) is 0 Å². The molecule has 31 heavy (non-hydrogen) atoms. The fourth-order valence-corrected chi connectivity index (χ4v) is 5.53. The second-order valence-corrected chi connectivity index (χ2v) is 8.88. The first-order valence-electron chi connectivity index (χ1n) is 11.4. The van der Waals surface area contributed by atoms with E-state index >= 15 is 0 Å². The molecule has 3 aliphatic rings. The van der Waals surface area contributed by atoms with Crippen molar-refractivity contribution in [1.82, 2.24) is 9.80 Å². The number of hydrogen-bond donors (Lipinski definition) is 0. The van der Waals surface area contributed by atoms with Gasteiger partial charge in [0.05, 0.1) is 12.1 Å². The molecule has 162 valence electrons. The Labute approximate surface area is 185 Å². The molecule has 4 atom stereocenters. The van der Waals surface area contributed by atoms with Gasteiger partial charge >= 0.3 is 0 Å². The highest BCUT2D eigenvalue weighted by atomic mass is 16.2. The number of fused-ring (bicyclic) bond motifs is 5. The first-order valence-corrected chi connectivity index (χ1v) is 11.4. The Morgan fingerprint density at radius 3 is 2.13 bits per heavy atom. The van der Waals surface area contributed by atoms with Crippen LogP contribution in [0.5, 0.6) is 0 Å². The maximum atomic E-state index is 14.3. The molecule has 0 saturated carbocycles. The summed E-state index contributed by atoms with van der Waals surface area (Å²) in [5.74, 6) is 0.135. The van der Waals surface area contributed by atoms with Gasteiger partial charge in [0.1, 0.15) is 11.6 Å². The van der Waals surface area contributed by atoms with E-state index in [1.165, 1.54) is 0 Å². The summed E-state index contributed by atoms with van der Waals surface area (Å²) in [6.45, 7) is 8.06. The summed E-state index contributed by atoms with van der Waals surface area (Å²) in [5.41, 5.74) is 1.24. The van der Waals surface area contributed by atoms with Crippen LogP contribution in [0, 0.1) is 0 Å². The van der Waals surface area contributed by atoms with Crippen LogP contribution in [0.2, 0.25) is 0 Å². The number of piperazine rings is 1. The zero-order valence-electron chi connectivity index (χ0n) is 18.5. The third-order valence-corrected chi connectivity index (χ3v) is 7.12. The molecule has 2 aromatic rings. The Morgan fingerprint density at radius 1 is 0.968 bits per heavy atom. The van der Waals surface area contributed by atoms with Gasteiger partial charge in [0.25, 0.3) is 0 Å². The molecule has 3 aliphatic heterocycles. The van der Waals surface area contributed by atoms with Gasteiger partial charge in [0, 0.05) is 0 Å². The lowest BCUT2D eigenvalue weighted by Crippen LogP contribution is -2.72. The van der Waals surface area contributed by atoms with Crippen molar-refractivity contribution in [3.05, 3.63) is 84.4 Å². The smallest absolute Gasteiger partial charge is 0.250 e. The van der Waals surface area contributed by atoms with Crippen molar-refractivity contribution in [3.63, 3.8) is 0 Å². The summed E-state index contributed by atoms with van der Waals surface area (Å²) in [6.07, 6.45) is 5.56. The Bertz CT molecular complexity index is 942. The average molecular weight is 417 g/mol. The maximum Gasteiger partial charge on any atom is 0.250 e. The van der Waals surface area contributed by atoms with Crippen molar-refractivity contribution in [3.8, 4) is 0 Å². The minimum atomic E-state index is -0.881. The predicted molar refractivity (Wildman–Crippen MR) is 123 cm³/mol. The summed E-state index contributed by atoms with van der Waals surface area (Å²) < 4.78 is 0. The van der Waals surface area contributed by atoms with Crippen LogP contribution in [0.1, 0.15) is 69.2 Å². The Balaban J connectivity index is 1.82. The number of rotatable bonds is 6. The van der Waals surface area contributed by atoms with Crippen LogP contribution in [-0.4, -0.2) is 33.2 Å². The zero-order valence-corrected chi connectivity index (χ0v) is 18.5. The fraction of sp³-hybridized carbons (Fsp3) is 0.407. The van der Waals surface area contributed by atoms with Crippen molar-refractivity contribution < 1.29 is 9.59 Å². The molecule has 3 heterocycles. The number of amides is 2. The second-order valence-electron chi connectivity index (χ2n) is 8.88. The quantitative estimate of drug-likeness (QED) is 0.589. The van der Waals surface area contributed by atoms with Crippen molar-refractivity contribution in [2.45, 2.75) is 69.6 Å². The highest BCUT2D eigenvalue weighted by molar-refractivity contribution is 6.00. The highest BCUT2D eigenvalue weighted by Crippen LogP contribution is 2.45. The highest BCUT2D eigenvalue weighted by Gasteiger charge is 2.58. The average Bonchev–Trinajstić information content (AvgIpc) is 2.79. The minimum Gasteiger partial charge on any atom is -0.322 e. The SMILES string of the molecule is C=CC[C@@]12CCCC[C@@H](C(=O)N1[C@@H](C)c1ccccc1)N([C@@H](C)c1ccccc1)C2=O. The molecule has 2 aromatic carbocycles. The van der Waals surface area contributed by atoms with Crippen LogP contribution in [0.15, 0.2) is 73.3 Å². The second kappa shape index (κ2) is 8.70. The van der Waals surface area contributed by atoms with Crippen LogP contribution in [0.4, 0.5) is 0 Å². The number of carbonyl (C=O) groups is 2. The van der Waals surface area contributed by atoms with E-state index in [0.717, 1.165) is 24.0 Å². The van der Waals surface area contributed by atoms with Crippen LogP contribution in [0.25, 0.3) is 0 Å². The van der Waals surface area contributed by atoms with Crippen LogP contribution >= 0.6 is 0 Å². The van der Waals surface area contributed by atoms with Crippen LogP contribution < -0.4 is 0 Å². The minimum absolute atomic E-state index is 0.0656. The Hall–Kier alpha value is -2.88. The lowest BCUT2D eigenvalue weighted by Gasteiger charge is -2.57. The monoisotopic (exact) mass is 416 g/mol. The summed E-state index contributed by atoms with van der Waals surface area (Å²) >= 11 is 0. The molecule has 0 N–H and O–H groups in total. The van der Waals surface area contributed by atoms with Gasteiger partial charge < -0.3 is 9.80 Å². The molecular formula is C27H32N2O2. The summed E-state index contributed by atoms with van der Waals surface area (Å²) in [4.78, 5) is 32.1. The van der Waals surface area contributed by atoms with E-state index in [1.807, 2.05) is 90.4 Å². The maximum absolute atomic E-state index is 14.3. The third kappa shape index (κ3) is 3.58.